The molecule has 0 spiro atoms. The van der Waals surface area contributed by atoms with Crippen LogP contribution in [0, 0.1) is 21.4 Å². The molecule has 9 heteroatoms. The zero-order valence-electron chi connectivity index (χ0n) is 14.6. The number of anilines is 1. The minimum absolute atomic E-state index is 0.157. The summed E-state index contributed by atoms with van der Waals surface area (Å²) in [7, 11) is 0. The van der Waals surface area contributed by atoms with Gasteiger partial charge in [0.25, 0.3) is 11.6 Å². The summed E-state index contributed by atoms with van der Waals surface area (Å²) in [5.74, 6) is -1.22. The van der Waals surface area contributed by atoms with E-state index in [2.05, 4.69) is 5.32 Å². The normalized spacial score (nSPS) is 10.7. The molecule has 0 fully saturated rings. The van der Waals surface area contributed by atoms with Gasteiger partial charge in [-0.25, -0.2) is 4.79 Å². The largest absolute Gasteiger partial charge is 0.462 e. The third-order valence-electron chi connectivity index (χ3n) is 3.51. The van der Waals surface area contributed by atoms with Crippen molar-refractivity contribution in [3.8, 4) is 6.07 Å². The second-order valence-electron chi connectivity index (χ2n) is 5.38. The molecule has 0 radical (unpaired) electrons. The summed E-state index contributed by atoms with van der Waals surface area (Å²) < 4.78 is 4.87. The molecule has 0 bridgehead atoms. The predicted molar refractivity (Wildman–Crippen MR) is 103 cm³/mol. The monoisotopic (exact) mass is 399 g/mol. The number of carbonyl (C=O) groups is 2. The second-order valence-corrected chi connectivity index (χ2v) is 5.79. The van der Waals surface area contributed by atoms with Gasteiger partial charge in [0.2, 0.25) is 0 Å². The molecular formula is C19H14ClN3O5. The van der Waals surface area contributed by atoms with Crippen molar-refractivity contribution in [3.05, 3.63) is 74.3 Å². The van der Waals surface area contributed by atoms with Crippen LogP contribution in [0.5, 0.6) is 0 Å². The average Bonchev–Trinajstić information content (AvgIpc) is 2.67. The van der Waals surface area contributed by atoms with E-state index < -0.39 is 16.8 Å². The van der Waals surface area contributed by atoms with Gasteiger partial charge in [0, 0.05) is 28.4 Å². The van der Waals surface area contributed by atoms with Crippen LogP contribution in [-0.2, 0) is 9.53 Å². The molecule has 8 nitrogen and oxygen atoms in total. The topological polar surface area (TPSA) is 122 Å². The van der Waals surface area contributed by atoms with Crippen LogP contribution in [0.15, 0.2) is 48.0 Å². The Hall–Kier alpha value is -3.70. The van der Waals surface area contributed by atoms with Crippen LogP contribution in [0.25, 0.3) is 6.08 Å². The van der Waals surface area contributed by atoms with Gasteiger partial charge in [-0.2, -0.15) is 5.26 Å². The predicted octanol–water partition coefficient (Wildman–Crippen LogP) is 3.97. The van der Waals surface area contributed by atoms with Gasteiger partial charge >= 0.3 is 5.97 Å². The van der Waals surface area contributed by atoms with E-state index in [9.17, 15) is 25.0 Å². The fourth-order valence-electron chi connectivity index (χ4n) is 2.16. The Balaban J connectivity index is 2.21. The standard InChI is InChI=1S/C19H14ClN3O5/c1-2-28-19(25)12-3-5-15(6-4-12)22-18(24)14(11-21)9-13-10-16(23(26)27)7-8-17(13)20/h3-10H,2H2,1H3,(H,22,24)/b14-9-. The molecule has 0 aromatic heterocycles. The number of amides is 1. The molecular weight excluding hydrogens is 386 g/mol. The molecule has 2 aromatic rings. The Labute approximate surface area is 165 Å². The van der Waals surface area contributed by atoms with Crippen molar-refractivity contribution < 1.29 is 19.2 Å². The lowest BCUT2D eigenvalue weighted by atomic mass is 10.1. The lowest BCUT2D eigenvalue weighted by molar-refractivity contribution is -0.384. The molecule has 2 aromatic carbocycles. The van der Waals surface area contributed by atoms with Crippen molar-refractivity contribution in [2.45, 2.75) is 6.92 Å². The number of ether oxygens (including phenoxy) is 1. The van der Waals surface area contributed by atoms with Gasteiger partial charge in [0.1, 0.15) is 11.6 Å². The van der Waals surface area contributed by atoms with Crippen LogP contribution in [0.1, 0.15) is 22.8 Å². The molecule has 28 heavy (non-hydrogen) atoms. The molecule has 2 rings (SSSR count). The maximum atomic E-state index is 12.3. The third kappa shape index (κ3) is 5.16. The number of nitriles is 1. The average molecular weight is 400 g/mol. The zero-order chi connectivity index (χ0) is 20.7. The summed E-state index contributed by atoms with van der Waals surface area (Å²) in [5, 5.41) is 22.8. The quantitative estimate of drug-likeness (QED) is 0.258. The van der Waals surface area contributed by atoms with Gasteiger partial charge in [-0.05, 0) is 43.3 Å². The summed E-state index contributed by atoms with van der Waals surface area (Å²) in [6.07, 6.45) is 1.16. The van der Waals surface area contributed by atoms with Gasteiger partial charge in [0.15, 0.2) is 0 Å². The summed E-state index contributed by atoms with van der Waals surface area (Å²) in [6.45, 7) is 1.93. The van der Waals surface area contributed by atoms with Crippen LogP contribution in [0.2, 0.25) is 5.02 Å². The van der Waals surface area contributed by atoms with Crippen LogP contribution >= 0.6 is 11.6 Å². The molecule has 142 valence electrons. The van der Waals surface area contributed by atoms with E-state index in [1.165, 1.54) is 42.5 Å². The maximum Gasteiger partial charge on any atom is 0.338 e. The van der Waals surface area contributed by atoms with E-state index >= 15 is 0 Å². The van der Waals surface area contributed by atoms with E-state index in [0.717, 1.165) is 6.08 Å². The highest BCUT2D eigenvalue weighted by molar-refractivity contribution is 6.32. The van der Waals surface area contributed by atoms with Gasteiger partial charge in [0.05, 0.1) is 17.1 Å². The fourth-order valence-corrected chi connectivity index (χ4v) is 2.33. The molecule has 0 atom stereocenters. The van der Waals surface area contributed by atoms with Crippen molar-refractivity contribution >= 4 is 40.9 Å². The minimum atomic E-state index is -0.728. The van der Waals surface area contributed by atoms with E-state index in [1.54, 1.807) is 13.0 Å². The number of non-ortho nitro benzene ring substituents is 1. The highest BCUT2D eigenvalue weighted by atomic mass is 35.5. The summed E-state index contributed by atoms with van der Waals surface area (Å²) in [5.41, 5.74) is 0.323. The molecule has 0 heterocycles. The number of nitro benzene ring substituents is 1. The Morgan fingerprint density at radius 2 is 1.96 bits per heavy atom. The first-order valence-corrected chi connectivity index (χ1v) is 8.37. The maximum absolute atomic E-state index is 12.3. The van der Waals surface area contributed by atoms with Gasteiger partial charge in [-0.15, -0.1) is 0 Å². The molecule has 0 unspecified atom stereocenters. The Morgan fingerprint density at radius 1 is 1.29 bits per heavy atom. The number of hydrogen-bond acceptors (Lipinski definition) is 6. The lowest BCUT2D eigenvalue weighted by Crippen LogP contribution is -2.13. The van der Waals surface area contributed by atoms with Gasteiger partial charge < -0.3 is 10.1 Å². The smallest absolute Gasteiger partial charge is 0.338 e. The van der Waals surface area contributed by atoms with E-state index in [1.807, 2.05) is 0 Å². The van der Waals surface area contributed by atoms with Crippen molar-refractivity contribution in [1.29, 1.82) is 5.26 Å². The molecule has 0 aliphatic heterocycles. The number of benzene rings is 2. The Bertz CT molecular complexity index is 994. The Kier molecular flexibility index (Phi) is 6.84. The first-order valence-electron chi connectivity index (χ1n) is 8.00. The molecule has 0 saturated heterocycles. The van der Waals surface area contributed by atoms with Crippen LogP contribution in [0.3, 0.4) is 0 Å². The number of nitro groups is 1. The fraction of sp³-hybridized carbons (Fsp3) is 0.105. The first kappa shape index (κ1) is 20.6. The molecule has 1 amide bonds. The minimum Gasteiger partial charge on any atom is -0.462 e. The van der Waals surface area contributed by atoms with Crippen LogP contribution in [0.4, 0.5) is 11.4 Å². The first-order chi connectivity index (χ1) is 13.3. The van der Waals surface area contributed by atoms with E-state index in [4.69, 9.17) is 16.3 Å². The van der Waals surface area contributed by atoms with Crippen molar-refractivity contribution in [2.75, 3.05) is 11.9 Å². The Morgan fingerprint density at radius 3 is 2.54 bits per heavy atom. The van der Waals surface area contributed by atoms with Gasteiger partial charge in [-0.1, -0.05) is 11.6 Å². The molecule has 0 aliphatic rings. The van der Waals surface area contributed by atoms with Crippen molar-refractivity contribution in [2.24, 2.45) is 0 Å². The summed E-state index contributed by atoms with van der Waals surface area (Å²) in [6, 6.07) is 11.4. The van der Waals surface area contributed by atoms with Crippen LogP contribution < -0.4 is 5.32 Å². The van der Waals surface area contributed by atoms with E-state index in [-0.39, 0.29) is 28.5 Å². The molecule has 0 saturated carbocycles. The summed E-state index contributed by atoms with van der Waals surface area (Å²) >= 11 is 5.99. The lowest BCUT2D eigenvalue weighted by Gasteiger charge is -2.06. The number of nitrogens with zero attached hydrogens (tertiary/aromatic N) is 2. The van der Waals surface area contributed by atoms with Crippen molar-refractivity contribution in [1.82, 2.24) is 0 Å². The second kappa shape index (κ2) is 9.30. The molecule has 0 aliphatic carbocycles. The number of carbonyl (C=O) groups excluding carboxylic acids is 2. The van der Waals surface area contributed by atoms with Crippen LogP contribution in [-0.4, -0.2) is 23.4 Å². The van der Waals surface area contributed by atoms with Gasteiger partial charge in [-0.3, -0.25) is 14.9 Å². The SMILES string of the molecule is CCOC(=O)c1ccc(NC(=O)/C(C#N)=C\c2cc([N+](=O)[O-])ccc2Cl)cc1. The molecule has 1 N–H and O–H groups in total. The number of nitrogens with one attached hydrogen (secondary N) is 1. The number of rotatable bonds is 6. The highest BCUT2D eigenvalue weighted by Gasteiger charge is 2.14. The zero-order valence-corrected chi connectivity index (χ0v) is 15.4. The number of esters is 1. The highest BCUT2D eigenvalue weighted by Crippen LogP contribution is 2.24. The number of halogens is 1. The van der Waals surface area contributed by atoms with E-state index in [0.29, 0.717) is 11.3 Å². The summed E-state index contributed by atoms with van der Waals surface area (Å²) in [4.78, 5) is 34.2. The third-order valence-corrected chi connectivity index (χ3v) is 3.85. The number of hydrogen-bond donors (Lipinski definition) is 1. The van der Waals surface area contributed by atoms with Crippen molar-refractivity contribution in [3.63, 3.8) is 0 Å².